The Hall–Kier alpha value is -1.17. The molecular weight excluding hydrogens is 350 g/mol. The zero-order valence-corrected chi connectivity index (χ0v) is 14.3. The fourth-order valence-electron chi connectivity index (χ4n) is 1.99. The average Bonchev–Trinajstić information content (AvgIpc) is 2.48. The summed E-state index contributed by atoms with van der Waals surface area (Å²) in [6.45, 7) is 0.393. The molecule has 0 aliphatic rings. The highest BCUT2D eigenvalue weighted by atomic mass is 79.9. The monoisotopic (exact) mass is 367 g/mol. The quantitative estimate of drug-likeness (QED) is 0.783. The van der Waals surface area contributed by atoms with E-state index in [1.807, 2.05) is 54.6 Å². The van der Waals surface area contributed by atoms with Gasteiger partial charge in [0, 0.05) is 18.1 Å². The van der Waals surface area contributed by atoms with Crippen LogP contribution < -0.4 is 0 Å². The first-order valence-electron chi connectivity index (χ1n) is 6.70. The second-order valence-electron chi connectivity index (χ2n) is 4.93. The fraction of sp³-hybridized carbons (Fsp3) is 0.250. The third kappa shape index (κ3) is 4.95. The van der Waals surface area contributed by atoms with Crippen LogP contribution in [0.15, 0.2) is 59.1 Å². The molecule has 2 aromatic rings. The number of hydrogen-bond acceptors (Lipinski definition) is 2. The molecule has 0 saturated carbocycles. The normalized spacial score (nSPS) is 11.8. The van der Waals surface area contributed by atoms with Crippen LogP contribution in [-0.2, 0) is 23.0 Å². The Morgan fingerprint density at radius 2 is 1.57 bits per heavy atom. The van der Waals surface area contributed by atoms with Crippen LogP contribution in [0.4, 0.5) is 0 Å². The van der Waals surface area contributed by atoms with E-state index in [2.05, 4.69) is 15.9 Å². The van der Waals surface area contributed by atoms with Gasteiger partial charge in [-0.05, 0) is 29.7 Å². The van der Waals surface area contributed by atoms with Gasteiger partial charge in [0.1, 0.15) is 0 Å². The third-order valence-corrected chi connectivity index (χ3v) is 5.61. The van der Waals surface area contributed by atoms with Gasteiger partial charge in [-0.15, -0.1) is 0 Å². The number of rotatable bonds is 6. The zero-order chi connectivity index (χ0) is 15.3. The van der Waals surface area contributed by atoms with Crippen LogP contribution in [0.1, 0.15) is 11.1 Å². The molecule has 0 heterocycles. The van der Waals surface area contributed by atoms with Crippen LogP contribution in [0.3, 0.4) is 0 Å². The molecule has 0 bridgehead atoms. The standard InChI is InChI=1S/C16H18BrNO2S/c1-18(13-15-7-9-16(17)10-8-15)21(19,20)12-11-14-5-3-2-4-6-14/h2-10H,11-13H2,1H3. The maximum atomic E-state index is 12.3. The number of hydrogen-bond donors (Lipinski definition) is 0. The number of nitrogens with zero attached hydrogens (tertiary/aromatic N) is 1. The molecule has 0 radical (unpaired) electrons. The van der Waals surface area contributed by atoms with E-state index in [0.29, 0.717) is 13.0 Å². The molecule has 2 aromatic carbocycles. The summed E-state index contributed by atoms with van der Waals surface area (Å²) in [4.78, 5) is 0. The Bertz CT molecular complexity index is 669. The van der Waals surface area contributed by atoms with Crippen LogP contribution in [0.2, 0.25) is 0 Å². The molecule has 0 spiro atoms. The van der Waals surface area contributed by atoms with Crippen molar-refractivity contribution in [2.75, 3.05) is 12.8 Å². The van der Waals surface area contributed by atoms with Crippen LogP contribution in [0, 0.1) is 0 Å². The molecule has 5 heteroatoms. The van der Waals surface area contributed by atoms with Gasteiger partial charge in [0.05, 0.1) is 5.75 Å². The Balaban J connectivity index is 1.96. The van der Waals surface area contributed by atoms with E-state index < -0.39 is 10.0 Å². The van der Waals surface area contributed by atoms with Crippen LogP contribution in [-0.4, -0.2) is 25.5 Å². The van der Waals surface area contributed by atoms with Gasteiger partial charge in [0.2, 0.25) is 10.0 Å². The van der Waals surface area contributed by atoms with E-state index in [4.69, 9.17) is 0 Å². The highest BCUT2D eigenvalue weighted by Gasteiger charge is 2.17. The van der Waals surface area contributed by atoms with Crippen LogP contribution in [0.5, 0.6) is 0 Å². The fourth-order valence-corrected chi connectivity index (χ4v) is 3.41. The first-order valence-corrected chi connectivity index (χ1v) is 9.10. The number of benzene rings is 2. The minimum atomic E-state index is -3.25. The van der Waals surface area contributed by atoms with E-state index >= 15 is 0 Å². The first kappa shape index (κ1) is 16.2. The molecule has 0 N–H and O–H groups in total. The van der Waals surface area contributed by atoms with Crippen molar-refractivity contribution in [3.8, 4) is 0 Å². The Morgan fingerprint density at radius 3 is 2.19 bits per heavy atom. The SMILES string of the molecule is CN(Cc1ccc(Br)cc1)S(=O)(=O)CCc1ccccc1. The van der Waals surface area contributed by atoms with Gasteiger partial charge >= 0.3 is 0 Å². The summed E-state index contributed by atoms with van der Waals surface area (Å²) in [7, 11) is -1.62. The van der Waals surface area contributed by atoms with Gasteiger partial charge in [-0.3, -0.25) is 0 Å². The summed E-state index contributed by atoms with van der Waals surface area (Å²) in [5.41, 5.74) is 2.02. The Labute approximate surface area is 134 Å². The lowest BCUT2D eigenvalue weighted by molar-refractivity contribution is 0.466. The molecule has 3 nitrogen and oxygen atoms in total. The summed E-state index contributed by atoms with van der Waals surface area (Å²) < 4.78 is 27.0. The maximum absolute atomic E-state index is 12.3. The zero-order valence-electron chi connectivity index (χ0n) is 11.9. The van der Waals surface area contributed by atoms with Gasteiger partial charge < -0.3 is 0 Å². The summed E-state index contributed by atoms with van der Waals surface area (Å²) in [6, 6.07) is 17.4. The topological polar surface area (TPSA) is 37.4 Å². The van der Waals surface area contributed by atoms with E-state index in [9.17, 15) is 8.42 Å². The number of aryl methyl sites for hydroxylation is 1. The summed E-state index contributed by atoms with van der Waals surface area (Å²) in [5, 5.41) is 0. The molecule has 21 heavy (non-hydrogen) atoms. The van der Waals surface area contributed by atoms with Crippen LogP contribution in [0.25, 0.3) is 0 Å². The Kier molecular flexibility index (Phi) is 5.56. The molecule has 0 amide bonds. The second kappa shape index (κ2) is 7.20. The highest BCUT2D eigenvalue weighted by molar-refractivity contribution is 9.10. The molecule has 112 valence electrons. The molecule has 0 unspecified atom stereocenters. The molecule has 0 aromatic heterocycles. The molecule has 0 fully saturated rings. The van der Waals surface area contributed by atoms with Crippen molar-refractivity contribution in [1.29, 1.82) is 0 Å². The number of halogens is 1. The first-order chi connectivity index (χ1) is 9.97. The summed E-state index contributed by atoms with van der Waals surface area (Å²) >= 11 is 3.37. The lowest BCUT2D eigenvalue weighted by atomic mass is 10.2. The van der Waals surface area contributed by atoms with E-state index in [1.54, 1.807) is 7.05 Å². The van der Waals surface area contributed by atoms with Crippen molar-refractivity contribution in [3.05, 3.63) is 70.2 Å². The minimum Gasteiger partial charge on any atom is -0.212 e. The lowest BCUT2D eigenvalue weighted by Gasteiger charge is -2.17. The largest absolute Gasteiger partial charge is 0.214 e. The van der Waals surface area contributed by atoms with Crippen molar-refractivity contribution in [3.63, 3.8) is 0 Å². The van der Waals surface area contributed by atoms with Gasteiger partial charge in [0.25, 0.3) is 0 Å². The number of sulfonamides is 1. The Morgan fingerprint density at radius 1 is 0.952 bits per heavy atom. The van der Waals surface area contributed by atoms with Crippen molar-refractivity contribution < 1.29 is 8.42 Å². The van der Waals surface area contributed by atoms with E-state index in [-0.39, 0.29) is 5.75 Å². The molecule has 0 aliphatic heterocycles. The molecular formula is C16H18BrNO2S. The third-order valence-electron chi connectivity index (χ3n) is 3.28. The van der Waals surface area contributed by atoms with Crippen LogP contribution >= 0.6 is 15.9 Å². The molecule has 0 saturated heterocycles. The summed E-state index contributed by atoms with van der Waals surface area (Å²) in [6.07, 6.45) is 0.536. The highest BCUT2D eigenvalue weighted by Crippen LogP contribution is 2.14. The predicted octanol–water partition coefficient (Wildman–Crippen LogP) is 3.45. The van der Waals surface area contributed by atoms with Crippen molar-refractivity contribution in [1.82, 2.24) is 4.31 Å². The lowest BCUT2D eigenvalue weighted by Crippen LogP contribution is -2.29. The van der Waals surface area contributed by atoms with Crippen molar-refractivity contribution in [2.45, 2.75) is 13.0 Å². The molecule has 2 rings (SSSR count). The smallest absolute Gasteiger partial charge is 0.212 e. The minimum absolute atomic E-state index is 0.129. The van der Waals surface area contributed by atoms with Gasteiger partial charge in [0.15, 0.2) is 0 Å². The van der Waals surface area contributed by atoms with Crippen molar-refractivity contribution in [2.24, 2.45) is 0 Å². The average molecular weight is 368 g/mol. The molecule has 0 atom stereocenters. The van der Waals surface area contributed by atoms with Gasteiger partial charge in [-0.2, -0.15) is 0 Å². The van der Waals surface area contributed by atoms with Crippen molar-refractivity contribution >= 4 is 26.0 Å². The van der Waals surface area contributed by atoms with E-state index in [1.165, 1.54) is 4.31 Å². The summed E-state index contributed by atoms with van der Waals surface area (Å²) in [5.74, 6) is 0.129. The van der Waals surface area contributed by atoms with E-state index in [0.717, 1.165) is 15.6 Å². The predicted molar refractivity (Wildman–Crippen MR) is 89.5 cm³/mol. The maximum Gasteiger partial charge on any atom is 0.214 e. The van der Waals surface area contributed by atoms with Gasteiger partial charge in [-0.25, -0.2) is 12.7 Å². The van der Waals surface area contributed by atoms with Gasteiger partial charge in [-0.1, -0.05) is 58.4 Å². The molecule has 0 aliphatic carbocycles. The second-order valence-corrected chi connectivity index (χ2v) is 8.05.